The second kappa shape index (κ2) is 9.02. The first-order valence-electron chi connectivity index (χ1n) is 11.6. The topological polar surface area (TPSA) is 78.2 Å². The van der Waals surface area contributed by atoms with Crippen molar-refractivity contribution < 1.29 is 4.39 Å². The van der Waals surface area contributed by atoms with Crippen LogP contribution in [0.25, 0.3) is 22.2 Å². The molecule has 0 bridgehead atoms. The zero-order valence-corrected chi connectivity index (χ0v) is 20.4. The average molecular weight is 496 g/mol. The van der Waals surface area contributed by atoms with E-state index < -0.39 is 17.1 Å². The highest BCUT2D eigenvalue weighted by Crippen LogP contribution is 2.40. The number of aryl methyl sites for hydroxylation is 1. The van der Waals surface area contributed by atoms with Crippen molar-refractivity contribution in [1.29, 1.82) is 0 Å². The molecule has 35 heavy (non-hydrogen) atoms. The lowest BCUT2D eigenvalue weighted by molar-refractivity contribution is 0.499. The van der Waals surface area contributed by atoms with E-state index in [0.717, 1.165) is 40.9 Å². The fraction of sp³-hybridized carbons (Fsp3) is 0.308. The Kier molecular flexibility index (Phi) is 6.02. The number of rotatable bonds is 4. The third-order valence-corrected chi connectivity index (χ3v) is 7.15. The van der Waals surface area contributed by atoms with Crippen LogP contribution in [0.4, 0.5) is 10.2 Å². The second-order valence-electron chi connectivity index (χ2n) is 9.14. The summed E-state index contributed by atoms with van der Waals surface area (Å²) in [5, 5.41) is 0.400. The van der Waals surface area contributed by atoms with Crippen LogP contribution in [0, 0.1) is 5.82 Å². The molecule has 182 valence electrons. The van der Waals surface area contributed by atoms with E-state index in [1.807, 2.05) is 34.9 Å². The fourth-order valence-corrected chi connectivity index (χ4v) is 5.27. The van der Waals surface area contributed by atoms with E-state index in [9.17, 15) is 14.0 Å². The highest BCUT2D eigenvalue weighted by atomic mass is 35.5. The van der Waals surface area contributed by atoms with Gasteiger partial charge >= 0.3 is 5.69 Å². The summed E-state index contributed by atoms with van der Waals surface area (Å²) in [6, 6.07) is 13.9. The molecule has 2 aromatic heterocycles. The van der Waals surface area contributed by atoms with Gasteiger partial charge in [0.1, 0.15) is 17.2 Å². The molecule has 0 spiro atoms. The molecule has 7 nitrogen and oxygen atoms in total. The Balaban J connectivity index is 1.93. The third-order valence-electron chi connectivity index (χ3n) is 6.78. The van der Waals surface area contributed by atoms with Gasteiger partial charge in [-0.25, -0.2) is 9.18 Å². The van der Waals surface area contributed by atoms with Crippen LogP contribution in [-0.2, 0) is 20.6 Å². The molecule has 0 amide bonds. The first kappa shape index (κ1) is 23.4. The molecule has 9 heteroatoms. The van der Waals surface area contributed by atoms with Crippen LogP contribution in [0.5, 0.6) is 0 Å². The first-order valence-corrected chi connectivity index (χ1v) is 12.0. The van der Waals surface area contributed by atoms with Crippen molar-refractivity contribution in [1.82, 2.24) is 13.7 Å². The molecule has 4 aromatic rings. The first-order chi connectivity index (χ1) is 16.8. The minimum absolute atomic E-state index is 0.0248. The molecule has 2 aromatic carbocycles. The summed E-state index contributed by atoms with van der Waals surface area (Å²) in [6.45, 7) is 1.50. The highest BCUT2D eigenvalue weighted by Gasteiger charge is 2.30. The second-order valence-corrected chi connectivity index (χ2v) is 9.55. The molecule has 0 saturated carbocycles. The van der Waals surface area contributed by atoms with Crippen LogP contribution in [-0.4, -0.2) is 32.8 Å². The number of anilines is 1. The predicted molar refractivity (Wildman–Crippen MR) is 138 cm³/mol. The summed E-state index contributed by atoms with van der Waals surface area (Å²) in [7, 11) is 3.14. The average Bonchev–Trinajstić information content (AvgIpc) is 3.19. The third kappa shape index (κ3) is 3.96. The van der Waals surface area contributed by atoms with Gasteiger partial charge in [-0.2, -0.15) is 0 Å². The van der Waals surface area contributed by atoms with Crippen molar-refractivity contribution in [2.45, 2.75) is 25.4 Å². The Morgan fingerprint density at radius 1 is 1.06 bits per heavy atom. The van der Waals surface area contributed by atoms with Gasteiger partial charge in [0.05, 0.1) is 12.1 Å². The van der Waals surface area contributed by atoms with Crippen molar-refractivity contribution in [2.75, 3.05) is 18.0 Å². The van der Waals surface area contributed by atoms with E-state index in [4.69, 9.17) is 17.3 Å². The Hall–Kier alpha value is -3.36. The van der Waals surface area contributed by atoms with Crippen LogP contribution in [0.1, 0.15) is 18.4 Å². The number of fused-ring (bicyclic) bond motifs is 1. The van der Waals surface area contributed by atoms with Crippen LogP contribution >= 0.6 is 11.6 Å². The van der Waals surface area contributed by atoms with Gasteiger partial charge in [0.15, 0.2) is 0 Å². The van der Waals surface area contributed by atoms with Gasteiger partial charge in [0.2, 0.25) is 0 Å². The molecule has 1 aliphatic heterocycles. The zero-order valence-electron chi connectivity index (χ0n) is 19.7. The van der Waals surface area contributed by atoms with Crippen molar-refractivity contribution in [3.63, 3.8) is 0 Å². The molecular formula is C26H27ClFN5O2. The normalized spacial score (nSPS) is 16.3. The van der Waals surface area contributed by atoms with Crippen molar-refractivity contribution >= 4 is 28.5 Å². The molecule has 1 unspecified atom stereocenters. The van der Waals surface area contributed by atoms with Gasteiger partial charge in [-0.15, -0.1) is 0 Å². The van der Waals surface area contributed by atoms with E-state index in [2.05, 4.69) is 4.90 Å². The number of aromatic nitrogens is 3. The van der Waals surface area contributed by atoms with Crippen molar-refractivity contribution in [3.05, 3.63) is 85.8 Å². The van der Waals surface area contributed by atoms with E-state index >= 15 is 0 Å². The Morgan fingerprint density at radius 2 is 1.80 bits per heavy atom. The molecule has 3 heterocycles. The Morgan fingerprint density at radius 3 is 2.51 bits per heavy atom. The molecule has 2 N–H and O–H groups in total. The molecule has 0 aliphatic carbocycles. The summed E-state index contributed by atoms with van der Waals surface area (Å²) in [5.74, 6) is 0.367. The highest BCUT2D eigenvalue weighted by molar-refractivity contribution is 6.31. The summed E-state index contributed by atoms with van der Waals surface area (Å²) in [5.41, 5.74) is 8.62. The number of benzene rings is 2. The van der Waals surface area contributed by atoms with Gasteiger partial charge < -0.3 is 15.2 Å². The minimum atomic E-state index is -0.416. The van der Waals surface area contributed by atoms with E-state index in [1.54, 1.807) is 7.05 Å². The van der Waals surface area contributed by atoms with Gasteiger partial charge in [-0.05, 0) is 42.2 Å². The van der Waals surface area contributed by atoms with Crippen molar-refractivity contribution in [3.8, 4) is 11.1 Å². The van der Waals surface area contributed by atoms with Crippen LogP contribution in [0.15, 0.2) is 58.1 Å². The Labute approximate surface area is 206 Å². The summed E-state index contributed by atoms with van der Waals surface area (Å²) < 4.78 is 18.7. The zero-order chi connectivity index (χ0) is 24.9. The predicted octanol–water partition coefficient (Wildman–Crippen LogP) is 3.47. The number of nitrogens with two attached hydrogens (primary N) is 1. The molecule has 1 aliphatic rings. The van der Waals surface area contributed by atoms with Crippen LogP contribution in [0.3, 0.4) is 0 Å². The lowest BCUT2D eigenvalue weighted by Crippen LogP contribution is -2.44. The Bertz CT molecular complexity index is 1540. The van der Waals surface area contributed by atoms with E-state index in [0.29, 0.717) is 28.2 Å². The molecular weight excluding hydrogens is 469 g/mol. The van der Waals surface area contributed by atoms with Crippen LogP contribution < -0.4 is 21.9 Å². The van der Waals surface area contributed by atoms with Gasteiger partial charge in [0, 0.05) is 43.8 Å². The largest absolute Gasteiger partial charge is 0.356 e. The van der Waals surface area contributed by atoms with Gasteiger partial charge in [-0.1, -0.05) is 41.9 Å². The van der Waals surface area contributed by atoms with Crippen molar-refractivity contribution in [2.24, 2.45) is 19.8 Å². The molecule has 1 fully saturated rings. The van der Waals surface area contributed by atoms with Gasteiger partial charge in [-0.3, -0.25) is 13.9 Å². The number of hydrogen-bond donors (Lipinski definition) is 1. The lowest BCUT2D eigenvalue weighted by Gasteiger charge is -2.34. The maximum absolute atomic E-state index is 14.2. The fourth-order valence-electron chi connectivity index (χ4n) is 5.09. The lowest BCUT2D eigenvalue weighted by atomic mass is 10.0. The monoisotopic (exact) mass is 495 g/mol. The maximum Gasteiger partial charge on any atom is 0.331 e. The molecule has 0 radical (unpaired) electrons. The number of halogens is 2. The number of piperidine rings is 1. The standard InChI is InChI=1S/C26H27ClFN5O2/c1-30-22-21(16-7-4-3-5-8-16)24(32-12-6-9-19(29)15-32)33(23(22)25(34)31(2)26(30)35)14-17-13-18(28)10-11-20(17)27/h3-5,7-8,10-11,13,19H,6,9,12,14-15,29H2,1-2H3. The molecule has 1 atom stereocenters. The maximum atomic E-state index is 14.2. The molecule has 1 saturated heterocycles. The molecule has 5 rings (SSSR count). The minimum Gasteiger partial charge on any atom is -0.356 e. The summed E-state index contributed by atoms with van der Waals surface area (Å²) >= 11 is 6.46. The SMILES string of the molecule is Cn1c(=O)c2c(c(-c3ccccc3)c(N3CCCC(N)C3)n2Cc2cc(F)ccc2Cl)n(C)c1=O. The number of nitrogens with zero attached hydrogens (tertiary/aromatic N) is 4. The summed E-state index contributed by atoms with van der Waals surface area (Å²) in [4.78, 5) is 28.8. The van der Waals surface area contributed by atoms with Crippen LogP contribution in [0.2, 0.25) is 5.02 Å². The smallest absolute Gasteiger partial charge is 0.331 e. The quantitative estimate of drug-likeness (QED) is 0.470. The summed E-state index contributed by atoms with van der Waals surface area (Å²) in [6.07, 6.45) is 1.81. The van der Waals surface area contributed by atoms with Gasteiger partial charge in [0.25, 0.3) is 5.56 Å². The van der Waals surface area contributed by atoms with E-state index in [1.165, 1.54) is 29.8 Å². The van der Waals surface area contributed by atoms with E-state index in [-0.39, 0.29) is 12.6 Å². The number of hydrogen-bond acceptors (Lipinski definition) is 4.